The van der Waals surface area contributed by atoms with E-state index in [4.69, 9.17) is 4.74 Å². The van der Waals surface area contributed by atoms with Crippen LogP contribution in [0.15, 0.2) is 53.7 Å². The molecule has 1 unspecified atom stereocenters. The van der Waals surface area contributed by atoms with E-state index in [1.165, 1.54) is 12.1 Å². The van der Waals surface area contributed by atoms with Crippen LogP contribution in [0.4, 0.5) is 18.0 Å². The maximum absolute atomic E-state index is 13.4. The first-order chi connectivity index (χ1) is 19.9. The lowest BCUT2D eigenvalue weighted by atomic mass is 9.90. The third-order valence-corrected chi connectivity index (χ3v) is 7.69. The fourth-order valence-electron chi connectivity index (χ4n) is 5.57. The average molecular weight is 587 g/mol. The van der Waals surface area contributed by atoms with E-state index in [2.05, 4.69) is 10.2 Å². The number of hydrogen-bond acceptors (Lipinski definition) is 5. The Bertz CT molecular complexity index is 1360. The van der Waals surface area contributed by atoms with Crippen LogP contribution >= 0.6 is 0 Å². The molecular formula is C31H37F3N4O4. The first-order valence-electron chi connectivity index (χ1n) is 14.2. The summed E-state index contributed by atoms with van der Waals surface area (Å²) in [6.45, 7) is 10.2. The molecule has 0 aliphatic carbocycles. The monoisotopic (exact) mass is 586 g/mol. The molecule has 4 rings (SSSR count). The van der Waals surface area contributed by atoms with E-state index in [0.717, 1.165) is 28.8 Å². The smallest absolute Gasteiger partial charge is 0.416 e. The van der Waals surface area contributed by atoms with Gasteiger partial charge in [0, 0.05) is 50.5 Å². The third-order valence-electron chi connectivity index (χ3n) is 7.69. The summed E-state index contributed by atoms with van der Waals surface area (Å²) in [6.07, 6.45) is -3.85. The van der Waals surface area contributed by atoms with E-state index in [9.17, 15) is 27.6 Å². The van der Waals surface area contributed by atoms with Gasteiger partial charge in [-0.1, -0.05) is 23.8 Å². The zero-order valence-corrected chi connectivity index (χ0v) is 24.4. The fraction of sp³-hybridized carbons (Fsp3) is 0.452. The zero-order valence-electron chi connectivity index (χ0n) is 24.4. The van der Waals surface area contributed by atoms with Crippen molar-refractivity contribution in [3.8, 4) is 0 Å². The van der Waals surface area contributed by atoms with Crippen molar-refractivity contribution in [3.05, 3.63) is 81.6 Å². The molecular weight excluding hydrogens is 549 g/mol. The Morgan fingerprint density at radius 1 is 1.00 bits per heavy atom. The molecule has 8 nitrogen and oxygen atoms in total. The normalized spacial score (nSPS) is 18.5. The van der Waals surface area contributed by atoms with E-state index in [-0.39, 0.29) is 24.1 Å². The van der Waals surface area contributed by atoms with Gasteiger partial charge in [-0.3, -0.25) is 14.6 Å². The van der Waals surface area contributed by atoms with Crippen LogP contribution in [0, 0.1) is 13.8 Å². The summed E-state index contributed by atoms with van der Waals surface area (Å²) in [6, 6.07) is 9.13. The molecule has 2 heterocycles. The minimum Gasteiger partial charge on any atom is -0.463 e. The molecule has 2 aromatic rings. The highest BCUT2D eigenvalue weighted by molar-refractivity contribution is 5.95. The molecule has 42 heavy (non-hydrogen) atoms. The molecule has 0 aromatic heterocycles. The van der Waals surface area contributed by atoms with Crippen LogP contribution in [0.5, 0.6) is 0 Å². The number of carbonyl (C=O) groups is 3. The number of rotatable bonds is 7. The van der Waals surface area contributed by atoms with Gasteiger partial charge in [0.2, 0.25) is 0 Å². The average Bonchev–Trinajstić information content (AvgIpc) is 3.18. The highest BCUT2D eigenvalue weighted by atomic mass is 19.4. The van der Waals surface area contributed by atoms with E-state index in [1.807, 2.05) is 39.0 Å². The predicted octanol–water partition coefficient (Wildman–Crippen LogP) is 5.07. The largest absolute Gasteiger partial charge is 0.463 e. The SMILES string of the molecule is CCOC(=O)C1=C(CN2CCCN(C(=O)c3ccc(C(F)(F)F)cc3)CC2)N(CC)C(=O)NC1c1ccc(C)cc1C. The van der Waals surface area contributed by atoms with Crippen molar-refractivity contribution in [1.82, 2.24) is 20.0 Å². The number of urea groups is 1. The van der Waals surface area contributed by atoms with Gasteiger partial charge < -0.3 is 15.0 Å². The number of esters is 1. The van der Waals surface area contributed by atoms with Gasteiger partial charge >= 0.3 is 18.2 Å². The van der Waals surface area contributed by atoms with E-state index in [0.29, 0.717) is 57.0 Å². The van der Waals surface area contributed by atoms with Crippen molar-refractivity contribution in [2.45, 2.75) is 46.3 Å². The zero-order chi connectivity index (χ0) is 30.6. The maximum atomic E-state index is 13.4. The molecule has 0 spiro atoms. The number of amides is 3. The van der Waals surface area contributed by atoms with Gasteiger partial charge in [-0.15, -0.1) is 0 Å². The molecule has 1 atom stereocenters. The Balaban J connectivity index is 1.60. The number of nitrogens with one attached hydrogen (secondary N) is 1. The van der Waals surface area contributed by atoms with Gasteiger partial charge in [0.25, 0.3) is 5.91 Å². The topological polar surface area (TPSA) is 82.2 Å². The highest BCUT2D eigenvalue weighted by Gasteiger charge is 2.39. The van der Waals surface area contributed by atoms with Crippen molar-refractivity contribution >= 4 is 17.9 Å². The van der Waals surface area contributed by atoms with Crippen LogP contribution in [0.3, 0.4) is 0 Å². The molecule has 2 aliphatic heterocycles. The lowest BCUT2D eigenvalue weighted by molar-refractivity contribution is -0.139. The van der Waals surface area contributed by atoms with Gasteiger partial charge in [-0.05, 0) is 69.5 Å². The predicted molar refractivity (Wildman–Crippen MR) is 152 cm³/mol. The Kier molecular flexibility index (Phi) is 9.60. The van der Waals surface area contributed by atoms with Gasteiger partial charge in [0.1, 0.15) is 0 Å². The Hall–Kier alpha value is -3.86. The number of carbonyl (C=O) groups excluding carboxylic acids is 3. The minimum atomic E-state index is -4.47. The van der Waals surface area contributed by atoms with Crippen molar-refractivity contribution in [1.29, 1.82) is 0 Å². The first-order valence-corrected chi connectivity index (χ1v) is 14.2. The second-order valence-electron chi connectivity index (χ2n) is 10.6. The molecule has 1 N–H and O–H groups in total. The Morgan fingerprint density at radius 2 is 1.71 bits per heavy atom. The van der Waals surface area contributed by atoms with Gasteiger partial charge in [0.15, 0.2) is 0 Å². The summed E-state index contributed by atoms with van der Waals surface area (Å²) in [5.41, 5.74) is 3.16. The Labute approximate surface area is 244 Å². The van der Waals surface area contributed by atoms with Crippen molar-refractivity contribution in [2.75, 3.05) is 45.9 Å². The molecule has 3 amide bonds. The van der Waals surface area contributed by atoms with E-state index < -0.39 is 23.8 Å². The second-order valence-corrected chi connectivity index (χ2v) is 10.6. The summed E-state index contributed by atoms with van der Waals surface area (Å²) in [5.74, 6) is -0.830. The van der Waals surface area contributed by atoms with Crippen molar-refractivity contribution in [2.24, 2.45) is 0 Å². The highest BCUT2D eigenvalue weighted by Crippen LogP contribution is 2.34. The first kappa shape index (κ1) is 31.1. The number of aryl methyl sites for hydroxylation is 2. The molecule has 226 valence electrons. The van der Waals surface area contributed by atoms with Crippen molar-refractivity contribution < 1.29 is 32.3 Å². The van der Waals surface area contributed by atoms with Crippen LogP contribution in [0.2, 0.25) is 0 Å². The lowest BCUT2D eigenvalue weighted by Gasteiger charge is -2.38. The maximum Gasteiger partial charge on any atom is 0.416 e. The molecule has 2 aromatic carbocycles. The quantitative estimate of drug-likeness (QED) is 0.458. The van der Waals surface area contributed by atoms with E-state index in [1.54, 1.807) is 16.7 Å². The summed E-state index contributed by atoms with van der Waals surface area (Å²) >= 11 is 0. The Morgan fingerprint density at radius 3 is 2.33 bits per heavy atom. The van der Waals surface area contributed by atoms with Crippen LogP contribution in [0.25, 0.3) is 0 Å². The minimum absolute atomic E-state index is 0.181. The van der Waals surface area contributed by atoms with Crippen LogP contribution < -0.4 is 5.32 Å². The van der Waals surface area contributed by atoms with Gasteiger partial charge in [-0.25, -0.2) is 9.59 Å². The molecule has 1 saturated heterocycles. The number of likely N-dealkylation sites (N-methyl/N-ethyl adjacent to an activating group) is 1. The number of ether oxygens (including phenoxy) is 1. The molecule has 0 bridgehead atoms. The number of nitrogens with zero attached hydrogens (tertiary/aromatic N) is 3. The second kappa shape index (κ2) is 13.0. The summed E-state index contributed by atoms with van der Waals surface area (Å²) in [5, 5.41) is 3.00. The molecule has 0 radical (unpaired) electrons. The summed E-state index contributed by atoms with van der Waals surface area (Å²) < 4.78 is 44.3. The number of alkyl halides is 3. The molecule has 11 heteroatoms. The third kappa shape index (κ3) is 6.78. The number of hydrogen-bond donors (Lipinski definition) is 1. The molecule has 1 fully saturated rings. The summed E-state index contributed by atoms with van der Waals surface area (Å²) in [7, 11) is 0. The lowest BCUT2D eigenvalue weighted by Crippen LogP contribution is -2.51. The molecule has 0 saturated carbocycles. The fourth-order valence-corrected chi connectivity index (χ4v) is 5.57. The van der Waals surface area contributed by atoms with Crippen LogP contribution in [0.1, 0.15) is 58.9 Å². The van der Waals surface area contributed by atoms with Gasteiger partial charge in [0.05, 0.1) is 23.8 Å². The standard InChI is InChI=1S/C31H37F3N4O4/c1-5-38-25(26(29(40)42-6-2)27(35-30(38)41)24-13-8-20(3)18-21(24)4)19-36-14-7-15-37(17-16-36)28(39)22-9-11-23(12-10-22)31(32,33)34/h8-13,18,27H,5-7,14-17,19H2,1-4H3,(H,35,41). The van der Waals surface area contributed by atoms with Crippen molar-refractivity contribution in [3.63, 3.8) is 0 Å². The number of halogens is 3. The molecule has 2 aliphatic rings. The van der Waals surface area contributed by atoms with E-state index >= 15 is 0 Å². The number of benzene rings is 2. The summed E-state index contributed by atoms with van der Waals surface area (Å²) in [4.78, 5) is 45.1. The van der Waals surface area contributed by atoms with Crippen LogP contribution in [-0.4, -0.2) is 78.5 Å². The van der Waals surface area contributed by atoms with Crippen LogP contribution in [-0.2, 0) is 15.7 Å². The van der Waals surface area contributed by atoms with Gasteiger partial charge in [-0.2, -0.15) is 13.2 Å².